The average molecular weight is 229 g/mol. The monoisotopic (exact) mass is 229 g/mol. The van der Waals surface area contributed by atoms with Crippen molar-refractivity contribution < 1.29 is 9.53 Å². The van der Waals surface area contributed by atoms with E-state index in [0.717, 1.165) is 22.0 Å². The van der Waals surface area contributed by atoms with Gasteiger partial charge in [0.1, 0.15) is 0 Å². The van der Waals surface area contributed by atoms with E-state index in [2.05, 4.69) is 4.98 Å². The van der Waals surface area contributed by atoms with Crippen LogP contribution in [0.25, 0.3) is 10.8 Å². The van der Waals surface area contributed by atoms with Crippen molar-refractivity contribution >= 4 is 16.7 Å². The summed E-state index contributed by atoms with van der Waals surface area (Å²) in [7, 11) is 0. The molecule has 0 spiro atoms. The number of carbonyl (C=O) groups is 1. The van der Waals surface area contributed by atoms with Crippen LogP contribution in [0.1, 0.15) is 18.2 Å². The molecule has 3 nitrogen and oxygen atoms in total. The zero-order valence-electron chi connectivity index (χ0n) is 10.1. The Morgan fingerprint density at radius 3 is 3.00 bits per heavy atom. The molecule has 2 aromatic rings. The Labute approximate surface area is 100 Å². The molecular formula is C14H15NO2. The fourth-order valence-electron chi connectivity index (χ4n) is 1.86. The summed E-state index contributed by atoms with van der Waals surface area (Å²) in [6, 6.07) is 7.90. The van der Waals surface area contributed by atoms with E-state index in [1.54, 1.807) is 0 Å². The maximum Gasteiger partial charge on any atom is 0.310 e. The molecule has 0 atom stereocenters. The molecule has 1 heterocycles. The molecule has 2 rings (SSSR count). The summed E-state index contributed by atoms with van der Waals surface area (Å²) < 4.78 is 4.97. The van der Waals surface area contributed by atoms with Crippen LogP contribution in [0.3, 0.4) is 0 Å². The second-order valence-electron chi connectivity index (χ2n) is 3.95. The third-order valence-electron chi connectivity index (χ3n) is 2.63. The van der Waals surface area contributed by atoms with E-state index in [9.17, 15) is 4.79 Å². The van der Waals surface area contributed by atoms with Crippen LogP contribution in [0.2, 0.25) is 0 Å². The highest BCUT2D eigenvalue weighted by Gasteiger charge is 2.07. The standard InChI is InChI=1S/C14H15NO2/c1-3-17-14(16)8-11-5-4-6-12-9-15-10(2)7-13(11)12/h4-7,9H,3,8H2,1-2H3. The summed E-state index contributed by atoms with van der Waals surface area (Å²) in [4.78, 5) is 15.8. The van der Waals surface area contributed by atoms with Crippen molar-refractivity contribution in [1.82, 2.24) is 4.98 Å². The Balaban J connectivity index is 2.39. The number of hydrogen-bond acceptors (Lipinski definition) is 3. The number of benzene rings is 1. The van der Waals surface area contributed by atoms with Gasteiger partial charge in [0.2, 0.25) is 0 Å². The van der Waals surface area contributed by atoms with Crippen molar-refractivity contribution in [3.05, 3.63) is 41.7 Å². The van der Waals surface area contributed by atoms with E-state index >= 15 is 0 Å². The Morgan fingerprint density at radius 2 is 2.24 bits per heavy atom. The first kappa shape index (κ1) is 11.6. The van der Waals surface area contributed by atoms with Gasteiger partial charge >= 0.3 is 5.97 Å². The van der Waals surface area contributed by atoms with Gasteiger partial charge in [-0.3, -0.25) is 9.78 Å². The van der Waals surface area contributed by atoms with Crippen LogP contribution in [0.4, 0.5) is 0 Å². The third-order valence-corrected chi connectivity index (χ3v) is 2.63. The summed E-state index contributed by atoms with van der Waals surface area (Å²) in [5.41, 5.74) is 1.94. The molecule has 0 saturated carbocycles. The first-order chi connectivity index (χ1) is 8.20. The largest absolute Gasteiger partial charge is 0.466 e. The minimum Gasteiger partial charge on any atom is -0.466 e. The van der Waals surface area contributed by atoms with Gasteiger partial charge in [-0.1, -0.05) is 18.2 Å². The zero-order chi connectivity index (χ0) is 12.3. The minimum absolute atomic E-state index is 0.186. The van der Waals surface area contributed by atoms with Crippen molar-refractivity contribution in [3.63, 3.8) is 0 Å². The summed E-state index contributed by atoms with van der Waals surface area (Å²) in [5.74, 6) is -0.186. The molecule has 0 radical (unpaired) electrons. The van der Waals surface area contributed by atoms with Crippen LogP contribution in [-0.4, -0.2) is 17.6 Å². The first-order valence-electron chi connectivity index (χ1n) is 5.70. The molecule has 0 saturated heterocycles. The molecule has 0 unspecified atom stereocenters. The van der Waals surface area contributed by atoms with E-state index in [-0.39, 0.29) is 5.97 Å². The van der Waals surface area contributed by atoms with E-state index in [1.807, 2.05) is 44.3 Å². The molecule has 0 amide bonds. The quantitative estimate of drug-likeness (QED) is 0.759. The molecule has 0 aliphatic carbocycles. The number of hydrogen-bond donors (Lipinski definition) is 0. The topological polar surface area (TPSA) is 39.2 Å². The van der Waals surface area contributed by atoms with Gasteiger partial charge in [0.25, 0.3) is 0 Å². The summed E-state index contributed by atoms with van der Waals surface area (Å²) in [5, 5.41) is 2.13. The predicted molar refractivity (Wildman–Crippen MR) is 66.8 cm³/mol. The summed E-state index contributed by atoms with van der Waals surface area (Å²) in [6.45, 7) is 4.18. The molecule has 3 heteroatoms. The van der Waals surface area contributed by atoms with Gasteiger partial charge < -0.3 is 4.74 Å². The third kappa shape index (κ3) is 2.61. The number of aromatic nitrogens is 1. The predicted octanol–water partition coefficient (Wildman–Crippen LogP) is 2.65. The van der Waals surface area contributed by atoms with Gasteiger partial charge in [0.05, 0.1) is 13.0 Å². The molecular weight excluding hydrogens is 214 g/mol. The lowest BCUT2D eigenvalue weighted by atomic mass is 10.0. The lowest BCUT2D eigenvalue weighted by Gasteiger charge is -2.06. The van der Waals surface area contributed by atoms with Crippen molar-refractivity contribution in [3.8, 4) is 0 Å². The highest BCUT2D eigenvalue weighted by atomic mass is 16.5. The van der Waals surface area contributed by atoms with Crippen LogP contribution < -0.4 is 0 Å². The first-order valence-corrected chi connectivity index (χ1v) is 5.70. The van der Waals surface area contributed by atoms with E-state index in [1.165, 1.54) is 0 Å². The van der Waals surface area contributed by atoms with Crippen molar-refractivity contribution in [2.24, 2.45) is 0 Å². The lowest BCUT2D eigenvalue weighted by Crippen LogP contribution is -2.07. The summed E-state index contributed by atoms with van der Waals surface area (Å²) >= 11 is 0. The Kier molecular flexibility index (Phi) is 3.38. The highest BCUT2D eigenvalue weighted by molar-refractivity contribution is 5.88. The summed E-state index contributed by atoms with van der Waals surface area (Å²) in [6.07, 6.45) is 2.15. The number of fused-ring (bicyclic) bond motifs is 1. The van der Waals surface area contributed by atoms with Gasteiger partial charge in [-0.05, 0) is 30.9 Å². The molecule has 0 aliphatic rings. The Bertz CT molecular complexity index is 549. The van der Waals surface area contributed by atoms with Gasteiger partial charge in [-0.2, -0.15) is 0 Å². The second-order valence-corrected chi connectivity index (χ2v) is 3.95. The molecule has 1 aromatic carbocycles. The van der Waals surface area contributed by atoms with Crippen LogP contribution in [0, 0.1) is 6.92 Å². The van der Waals surface area contributed by atoms with Gasteiger partial charge in [0.15, 0.2) is 0 Å². The molecule has 0 aliphatic heterocycles. The Hall–Kier alpha value is -1.90. The number of esters is 1. The normalized spacial score (nSPS) is 10.5. The molecule has 0 fully saturated rings. The van der Waals surface area contributed by atoms with E-state index in [0.29, 0.717) is 13.0 Å². The van der Waals surface area contributed by atoms with Crippen LogP contribution in [0.5, 0.6) is 0 Å². The number of carbonyl (C=O) groups excluding carboxylic acids is 1. The van der Waals surface area contributed by atoms with E-state index in [4.69, 9.17) is 4.74 Å². The number of aryl methyl sites for hydroxylation is 1. The Morgan fingerprint density at radius 1 is 1.41 bits per heavy atom. The average Bonchev–Trinajstić information content (AvgIpc) is 2.30. The SMILES string of the molecule is CCOC(=O)Cc1cccc2cnc(C)cc12. The number of ether oxygens (including phenoxy) is 1. The zero-order valence-corrected chi connectivity index (χ0v) is 10.1. The van der Waals surface area contributed by atoms with Crippen molar-refractivity contribution in [2.75, 3.05) is 6.61 Å². The second kappa shape index (κ2) is 4.95. The molecule has 88 valence electrons. The van der Waals surface area contributed by atoms with Crippen LogP contribution in [0.15, 0.2) is 30.5 Å². The maximum absolute atomic E-state index is 11.5. The number of pyridine rings is 1. The molecule has 0 bridgehead atoms. The van der Waals surface area contributed by atoms with Crippen molar-refractivity contribution in [2.45, 2.75) is 20.3 Å². The van der Waals surface area contributed by atoms with Gasteiger partial charge in [-0.15, -0.1) is 0 Å². The van der Waals surface area contributed by atoms with Gasteiger partial charge in [0, 0.05) is 17.3 Å². The van der Waals surface area contributed by atoms with Gasteiger partial charge in [-0.25, -0.2) is 0 Å². The lowest BCUT2D eigenvalue weighted by molar-refractivity contribution is -0.142. The number of rotatable bonds is 3. The smallest absolute Gasteiger partial charge is 0.310 e. The molecule has 0 N–H and O–H groups in total. The highest BCUT2D eigenvalue weighted by Crippen LogP contribution is 2.19. The van der Waals surface area contributed by atoms with Crippen LogP contribution >= 0.6 is 0 Å². The molecule has 17 heavy (non-hydrogen) atoms. The minimum atomic E-state index is -0.186. The van der Waals surface area contributed by atoms with Crippen molar-refractivity contribution in [1.29, 1.82) is 0 Å². The maximum atomic E-state index is 11.5. The van der Waals surface area contributed by atoms with E-state index < -0.39 is 0 Å². The fraction of sp³-hybridized carbons (Fsp3) is 0.286. The number of nitrogens with zero attached hydrogens (tertiary/aromatic N) is 1. The molecule has 1 aromatic heterocycles. The van der Waals surface area contributed by atoms with Crippen LogP contribution in [-0.2, 0) is 16.0 Å². The fourth-order valence-corrected chi connectivity index (χ4v) is 1.86.